The van der Waals surface area contributed by atoms with E-state index >= 15 is 0 Å². The zero-order valence-corrected chi connectivity index (χ0v) is 11.5. The van der Waals surface area contributed by atoms with Gasteiger partial charge in [0.15, 0.2) is 10.8 Å². The highest BCUT2D eigenvalue weighted by atomic mass is 32.1. The zero-order valence-electron chi connectivity index (χ0n) is 10.6. The van der Waals surface area contributed by atoms with Crippen LogP contribution in [-0.2, 0) is 11.8 Å². The maximum absolute atomic E-state index is 5.17. The summed E-state index contributed by atoms with van der Waals surface area (Å²) in [6.07, 6.45) is 1.01. The SMILES string of the molecule is CC[C@@H](COC)Nc1nc2c(s1)c(C)nn2C. The molecule has 0 amide bonds. The summed E-state index contributed by atoms with van der Waals surface area (Å²) in [6.45, 7) is 4.84. The van der Waals surface area contributed by atoms with E-state index in [0.717, 1.165) is 27.6 Å². The number of hydrogen-bond acceptors (Lipinski definition) is 5. The lowest BCUT2D eigenvalue weighted by Gasteiger charge is -2.14. The van der Waals surface area contributed by atoms with Gasteiger partial charge in [-0.15, -0.1) is 0 Å². The number of methoxy groups -OCH3 is 1. The monoisotopic (exact) mass is 254 g/mol. The zero-order chi connectivity index (χ0) is 12.4. The Kier molecular flexibility index (Phi) is 3.63. The molecule has 94 valence electrons. The molecule has 1 atom stereocenters. The highest BCUT2D eigenvalue weighted by Crippen LogP contribution is 2.28. The molecule has 0 bridgehead atoms. The van der Waals surface area contributed by atoms with Gasteiger partial charge in [-0.2, -0.15) is 5.10 Å². The number of nitrogens with one attached hydrogen (secondary N) is 1. The number of nitrogens with zero attached hydrogens (tertiary/aromatic N) is 3. The summed E-state index contributed by atoms with van der Waals surface area (Å²) in [5, 5.41) is 8.68. The minimum absolute atomic E-state index is 0.314. The Hall–Kier alpha value is -1.14. The third-order valence-electron chi connectivity index (χ3n) is 2.73. The van der Waals surface area contributed by atoms with Crippen LogP contribution in [-0.4, -0.2) is 34.5 Å². The molecule has 6 heteroatoms. The molecule has 0 aliphatic rings. The van der Waals surface area contributed by atoms with Crippen LogP contribution >= 0.6 is 11.3 Å². The molecule has 0 fully saturated rings. The first-order valence-corrected chi connectivity index (χ1v) is 6.53. The van der Waals surface area contributed by atoms with Crippen molar-refractivity contribution in [3.05, 3.63) is 5.69 Å². The molecular weight excluding hydrogens is 236 g/mol. The van der Waals surface area contributed by atoms with Gasteiger partial charge in [0.05, 0.1) is 23.0 Å². The van der Waals surface area contributed by atoms with Gasteiger partial charge in [0.1, 0.15) is 0 Å². The largest absolute Gasteiger partial charge is 0.383 e. The van der Waals surface area contributed by atoms with Crippen LogP contribution in [0.25, 0.3) is 10.3 Å². The Labute approximate surface area is 105 Å². The molecule has 2 aromatic heterocycles. The Morgan fingerprint density at radius 1 is 1.53 bits per heavy atom. The van der Waals surface area contributed by atoms with Gasteiger partial charge in [-0.05, 0) is 13.3 Å². The fourth-order valence-corrected chi connectivity index (χ4v) is 2.79. The van der Waals surface area contributed by atoms with Crippen LogP contribution in [0, 0.1) is 6.92 Å². The van der Waals surface area contributed by atoms with Crippen LogP contribution in [0.3, 0.4) is 0 Å². The minimum Gasteiger partial charge on any atom is -0.383 e. The molecule has 0 unspecified atom stereocenters. The van der Waals surface area contributed by atoms with Gasteiger partial charge in [0, 0.05) is 14.2 Å². The predicted molar refractivity (Wildman–Crippen MR) is 70.7 cm³/mol. The summed E-state index contributed by atoms with van der Waals surface area (Å²) in [5.74, 6) is 0. The van der Waals surface area contributed by atoms with Gasteiger partial charge in [0.2, 0.25) is 0 Å². The topological polar surface area (TPSA) is 52.0 Å². The number of ether oxygens (including phenoxy) is 1. The van der Waals surface area contributed by atoms with Crippen molar-refractivity contribution in [3.63, 3.8) is 0 Å². The van der Waals surface area contributed by atoms with Crippen LogP contribution in [0.4, 0.5) is 5.13 Å². The second-order valence-corrected chi connectivity index (χ2v) is 5.08. The first-order chi connectivity index (χ1) is 8.15. The summed E-state index contributed by atoms with van der Waals surface area (Å²) in [6, 6.07) is 0.314. The average Bonchev–Trinajstić information content (AvgIpc) is 2.81. The molecule has 5 nitrogen and oxygen atoms in total. The molecule has 2 heterocycles. The van der Waals surface area contributed by atoms with E-state index < -0.39 is 0 Å². The molecule has 0 spiro atoms. The quantitative estimate of drug-likeness (QED) is 0.888. The van der Waals surface area contributed by atoms with E-state index in [1.807, 2.05) is 18.7 Å². The lowest BCUT2D eigenvalue weighted by atomic mass is 10.2. The van der Waals surface area contributed by atoms with E-state index in [1.165, 1.54) is 0 Å². The van der Waals surface area contributed by atoms with Gasteiger partial charge in [-0.1, -0.05) is 18.3 Å². The molecule has 0 aromatic carbocycles. The number of aryl methyl sites for hydroxylation is 2. The summed E-state index contributed by atoms with van der Waals surface area (Å²) >= 11 is 1.65. The van der Waals surface area contributed by atoms with Gasteiger partial charge >= 0.3 is 0 Å². The summed E-state index contributed by atoms with van der Waals surface area (Å²) < 4.78 is 8.14. The summed E-state index contributed by atoms with van der Waals surface area (Å²) in [7, 11) is 3.64. The van der Waals surface area contributed by atoms with Crippen molar-refractivity contribution in [1.29, 1.82) is 0 Å². The van der Waals surface area contributed by atoms with Crippen molar-refractivity contribution >= 4 is 26.8 Å². The van der Waals surface area contributed by atoms with Crippen LogP contribution < -0.4 is 5.32 Å². The summed E-state index contributed by atoms with van der Waals surface area (Å²) in [4.78, 5) is 4.56. The molecule has 0 aliphatic carbocycles. The van der Waals surface area contributed by atoms with Gasteiger partial charge in [-0.3, -0.25) is 0 Å². The standard InChI is InChI=1S/C11H18N4OS/c1-5-8(6-16-4)12-11-13-10-9(17-11)7(2)14-15(10)3/h8H,5-6H2,1-4H3,(H,12,13)/t8-/m0/s1. The van der Waals surface area contributed by atoms with Crippen LogP contribution in [0.2, 0.25) is 0 Å². The average molecular weight is 254 g/mol. The lowest BCUT2D eigenvalue weighted by Crippen LogP contribution is -2.23. The van der Waals surface area contributed by atoms with E-state index in [9.17, 15) is 0 Å². The minimum atomic E-state index is 0.314. The highest BCUT2D eigenvalue weighted by Gasteiger charge is 2.14. The van der Waals surface area contributed by atoms with Crippen LogP contribution in [0.15, 0.2) is 0 Å². The second kappa shape index (κ2) is 5.01. The summed E-state index contributed by atoms with van der Waals surface area (Å²) in [5.41, 5.74) is 1.98. The van der Waals surface area contributed by atoms with Crippen LogP contribution in [0.5, 0.6) is 0 Å². The Morgan fingerprint density at radius 2 is 2.29 bits per heavy atom. The fraction of sp³-hybridized carbons (Fsp3) is 0.636. The Morgan fingerprint density at radius 3 is 2.88 bits per heavy atom. The molecule has 17 heavy (non-hydrogen) atoms. The Bertz CT molecular complexity index is 470. The lowest BCUT2D eigenvalue weighted by molar-refractivity contribution is 0.184. The molecule has 2 aromatic rings. The smallest absolute Gasteiger partial charge is 0.185 e. The van der Waals surface area contributed by atoms with E-state index in [-0.39, 0.29) is 0 Å². The number of anilines is 1. The number of rotatable bonds is 5. The van der Waals surface area contributed by atoms with Crippen molar-refractivity contribution in [2.45, 2.75) is 26.3 Å². The molecule has 0 aliphatic heterocycles. The maximum atomic E-state index is 5.17. The number of hydrogen-bond donors (Lipinski definition) is 1. The molecule has 0 radical (unpaired) electrons. The number of thiazole rings is 1. The molecule has 0 saturated carbocycles. The van der Waals surface area contributed by atoms with Crippen molar-refractivity contribution in [2.75, 3.05) is 19.0 Å². The molecule has 0 saturated heterocycles. The number of fused-ring (bicyclic) bond motifs is 1. The van der Waals surface area contributed by atoms with Crippen molar-refractivity contribution in [3.8, 4) is 0 Å². The van der Waals surface area contributed by atoms with Crippen molar-refractivity contribution < 1.29 is 4.74 Å². The van der Waals surface area contributed by atoms with E-state index in [2.05, 4.69) is 22.3 Å². The molecule has 1 N–H and O–H groups in total. The third kappa shape index (κ3) is 2.42. The van der Waals surface area contributed by atoms with Crippen molar-refractivity contribution in [2.24, 2.45) is 7.05 Å². The maximum Gasteiger partial charge on any atom is 0.185 e. The number of aromatic nitrogens is 3. The van der Waals surface area contributed by atoms with Gasteiger partial charge < -0.3 is 10.1 Å². The van der Waals surface area contributed by atoms with Crippen LogP contribution in [0.1, 0.15) is 19.0 Å². The first-order valence-electron chi connectivity index (χ1n) is 5.71. The van der Waals surface area contributed by atoms with Gasteiger partial charge in [-0.25, -0.2) is 9.67 Å². The van der Waals surface area contributed by atoms with Crippen molar-refractivity contribution in [1.82, 2.24) is 14.8 Å². The Balaban J connectivity index is 2.21. The third-order valence-corrected chi connectivity index (χ3v) is 3.82. The van der Waals surface area contributed by atoms with Gasteiger partial charge in [0.25, 0.3) is 0 Å². The van der Waals surface area contributed by atoms with E-state index in [0.29, 0.717) is 12.6 Å². The normalized spacial score (nSPS) is 13.2. The second-order valence-electron chi connectivity index (χ2n) is 4.09. The molecule has 2 rings (SSSR count). The first kappa shape index (κ1) is 12.3. The highest BCUT2D eigenvalue weighted by molar-refractivity contribution is 7.22. The predicted octanol–water partition coefficient (Wildman–Crippen LogP) is 2.18. The van der Waals surface area contributed by atoms with E-state index in [1.54, 1.807) is 18.4 Å². The fourth-order valence-electron chi connectivity index (χ4n) is 1.78. The molecular formula is C11H18N4OS. The van der Waals surface area contributed by atoms with E-state index in [4.69, 9.17) is 4.74 Å².